The lowest BCUT2D eigenvalue weighted by molar-refractivity contribution is -0.121. The van der Waals surface area contributed by atoms with E-state index in [2.05, 4.69) is 25.6 Å². The molecule has 180 valence electrons. The van der Waals surface area contributed by atoms with Crippen molar-refractivity contribution in [3.8, 4) is 28.5 Å². The Morgan fingerprint density at radius 1 is 0.972 bits per heavy atom. The minimum Gasteiger partial charge on any atom is -0.475 e. The second-order valence-corrected chi connectivity index (χ2v) is 7.78. The van der Waals surface area contributed by atoms with Gasteiger partial charge in [0.2, 0.25) is 11.8 Å². The summed E-state index contributed by atoms with van der Waals surface area (Å²) in [7, 11) is 0. The Morgan fingerprint density at radius 2 is 1.81 bits per heavy atom. The van der Waals surface area contributed by atoms with Gasteiger partial charge in [0, 0.05) is 23.3 Å². The minimum absolute atomic E-state index is 0.141. The number of halogens is 1. The Hall–Kier alpha value is -4.93. The van der Waals surface area contributed by atoms with Crippen LogP contribution in [0.5, 0.6) is 5.88 Å². The highest BCUT2D eigenvalue weighted by Crippen LogP contribution is 2.19. The molecule has 0 saturated heterocycles. The summed E-state index contributed by atoms with van der Waals surface area (Å²) in [6, 6.07) is 20.0. The molecule has 1 amide bonds. The highest BCUT2D eigenvalue weighted by Gasteiger charge is 2.12. The molecule has 0 aliphatic rings. The van der Waals surface area contributed by atoms with Gasteiger partial charge in [0.25, 0.3) is 5.56 Å². The van der Waals surface area contributed by atoms with Gasteiger partial charge in [-0.3, -0.25) is 14.2 Å². The number of hydrogen-bond acceptors (Lipinski definition) is 7. The van der Waals surface area contributed by atoms with E-state index in [-0.39, 0.29) is 37.0 Å². The molecule has 3 aromatic heterocycles. The standard InChI is InChI=1S/C25H20FN7O3/c26-19-8-4-7-18(13-19)25-30-29-21-9-10-23(31-33(21)25)36-12-11-27-22(34)15-32-16-28-20(14-24(32)35)17-5-2-1-3-6-17/h1-10,13-14,16H,11-12,15H2,(H,27,34). The maximum atomic E-state index is 13.6. The third-order valence-electron chi connectivity index (χ3n) is 5.26. The van der Waals surface area contributed by atoms with Crippen molar-refractivity contribution in [2.24, 2.45) is 0 Å². The van der Waals surface area contributed by atoms with Gasteiger partial charge in [-0.05, 0) is 18.2 Å². The summed E-state index contributed by atoms with van der Waals surface area (Å²) in [5.74, 6) is -0.0881. The van der Waals surface area contributed by atoms with Crippen LogP contribution in [0.3, 0.4) is 0 Å². The lowest BCUT2D eigenvalue weighted by atomic mass is 10.1. The molecule has 0 atom stereocenters. The Morgan fingerprint density at radius 3 is 2.61 bits per heavy atom. The van der Waals surface area contributed by atoms with E-state index >= 15 is 0 Å². The van der Waals surface area contributed by atoms with Crippen LogP contribution in [0.2, 0.25) is 0 Å². The van der Waals surface area contributed by atoms with Crippen molar-refractivity contribution in [1.82, 2.24) is 34.7 Å². The third-order valence-corrected chi connectivity index (χ3v) is 5.26. The van der Waals surface area contributed by atoms with Gasteiger partial charge in [-0.15, -0.1) is 15.3 Å². The fourth-order valence-electron chi connectivity index (χ4n) is 3.52. The van der Waals surface area contributed by atoms with Gasteiger partial charge in [-0.2, -0.15) is 4.52 Å². The molecule has 5 aromatic rings. The summed E-state index contributed by atoms with van der Waals surface area (Å²) in [4.78, 5) is 28.9. The topological polar surface area (TPSA) is 116 Å². The number of hydrogen-bond donors (Lipinski definition) is 1. The molecule has 0 radical (unpaired) electrons. The van der Waals surface area contributed by atoms with Crippen LogP contribution in [0.1, 0.15) is 0 Å². The summed E-state index contributed by atoms with van der Waals surface area (Å²) < 4.78 is 21.9. The van der Waals surface area contributed by atoms with Gasteiger partial charge in [-0.1, -0.05) is 42.5 Å². The average molecular weight is 485 g/mol. The van der Waals surface area contributed by atoms with E-state index in [1.807, 2.05) is 30.3 Å². The lowest BCUT2D eigenvalue weighted by Gasteiger charge is -2.09. The van der Waals surface area contributed by atoms with Gasteiger partial charge < -0.3 is 10.1 Å². The number of ether oxygens (including phenoxy) is 1. The fraction of sp³-hybridized carbons (Fsp3) is 0.120. The number of amides is 1. The Labute approximate surface area is 204 Å². The van der Waals surface area contributed by atoms with Gasteiger partial charge in [0.1, 0.15) is 19.0 Å². The molecule has 10 nitrogen and oxygen atoms in total. The first-order valence-electron chi connectivity index (χ1n) is 11.1. The van der Waals surface area contributed by atoms with Crippen LogP contribution in [-0.4, -0.2) is 48.4 Å². The molecule has 3 heterocycles. The Bertz CT molecular complexity index is 1580. The number of rotatable bonds is 8. The third kappa shape index (κ3) is 5.09. The van der Waals surface area contributed by atoms with E-state index < -0.39 is 5.82 Å². The zero-order valence-electron chi connectivity index (χ0n) is 18.9. The first-order valence-corrected chi connectivity index (χ1v) is 11.1. The fourth-order valence-corrected chi connectivity index (χ4v) is 3.52. The van der Waals surface area contributed by atoms with Crippen LogP contribution in [-0.2, 0) is 11.3 Å². The normalized spacial score (nSPS) is 10.9. The number of fused-ring (bicyclic) bond motifs is 1. The average Bonchev–Trinajstić information content (AvgIpc) is 3.32. The van der Waals surface area contributed by atoms with Crippen molar-refractivity contribution in [1.29, 1.82) is 0 Å². The molecule has 5 rings (SSSR count). The van der Waals surface area contributed by atoms with Crippen molar-refractivity contribution < 1.29 is 13.9 Å². The zero-order chi connectivity index (χ0) is 24.9. The summed E-state index contributed by atoms with van der Waals surface area (Å²) >= 11 is 0. The molecule has 0 bridgehead atoms. The van der Waals surface area contributed by atoms with Crippen molar-refractivity contribution in [2.45, 2.75) is 6.54 Å². The van der Waals surface area contributed by atoms with Gasteiger partial charge in [0.15, 0.2) is 11.5 Å². The molecular formula is C25H20FN7O3. The molecule has 0 fully saturated rings. The van der Waals surface area contributed by atoms with Gasteiger partial charge >= 0.3 is 0 Å². The van der Waals surface area contributed by atoms with E-state index in [1.165, 1.54) is 33.6 Å². The maximum Gasteiger partial charge on any atom is 0.254 e. The summed E-state index contributed by atoms with van der Waals surface area (Å²) in [6.45, 7) is 0.173. The monoisotopic (exact) mass is 485 g/mol. The highest BCUT2D eigenvalue weighted by atomic mass is 19.1. The lowest BCUT2D eigenvalue weighted by Crippen LogP contribution is -2.34. The predicted octanol–water partition coefficient (Wildman–Crippen LogP) is 2.35. The molecule has 0 aliphatic carbocycles. The van der Waals surface area contributed by atoms with Gasteiger partial charge in [0.05, 0.1) is 18.6 Å². The van der Waals surface area contributed by atoms with Crippen LogP contribution >= 0.6 is 0 Å². The van der Waals surface area contributed by atoms with Crippen LogP contribution in [0.15, 0.2) is 83.9 Å². The van der Waals surface area contributed by atoms with Gasteiger partial charge in [-0.25, -0.2) is 9.37 Å². The molecule has 0 saturated carbocycles. The first kappa shape index (κ1) is 22.8. The van der Waals surface area contributed by atoms with Crippen molar-refractivity contribution >= 4 is 11.6 Å². The largest absolute Gasteiger partial charge is 0.475 e. The second kappa shape index (κ2) is 10.1. The van der Waals surface area contributed by atoms with E-state index in [1.54, 1.807) is 24.3 Å². The number of benzene rings is 2. The number of carbonyl (C=O) groups excluding carboxylic acids is 1. The van der Waals surface area contributed by atoms with Crippen molar-refractivity contribution in [2.75, 3.05) is 13.2 Å². The summed E-state index contributed by atoms with van der Waals surface area (Å²) in [6.07, 6.45) is 1.36. The van der Waals surface area contributed by atoms with Crippen LogP contribution in [0.25, 0.3) is 28.3 Å². The number of aromatic nitrogens is 6. The number of nitrogens with zero attached hydrogens (tertiary/aromatic N) is 6. The minimum atomic E-state index is -0.391. The summed E-state index contributed by atoms with van der Waals surface area (Å²) in [5, 5.41) is 15.2. The van der Waals surface area contributed by atoms with E-state index in [9.17, 15) is 14.0 Å². The van der Waals surface area contributed by atoms with Crippen molar-refractivity contribution in [3.05, 3.63) is 95.3 Å². The molecule has 1 N–H and O–H groups in total. The van der Waals surface area contributed by atoms with Crippen molar-refractivity contribution in [3.63, 3.8) is 0 Å². The Kier molecular flexibility index (Phi) is 6.43. The van der Waals surface area contributed by atoms with E-state index in [4.69, 9.17) is 4.74 Å². The molecule has 0 aliphatic heterocycles. The van der Waals surface area contributed by atoms with Crippen LogP contribution in [0, 0.1) is 5.82 Å². The zero-order valence-corrected chi connectivity index (χ0v) is 18.9. The SMILES string of the molecule is O=C(Cn1cnc(-c2ccccc2)cc1=O)NCCOc1ccc2nnc(-c3cccc(F)c3)n2n1. The van der Waals surface area contributed by atoms with E-state index in [0.29, 0.717) is 22.7 Å². The molecule has 11 heteroatoms. The molecule has 0 unspecified atom stereocenters. The summed E-state index contributed by atoms with van der Waals surface area (Å²) in [5.41, 5.74) is 2.05. The molecule has 0 spiro atoms. The predicted molar refractivity (Wildman–Crippen MR) is 129 cm³/mol. The molecule has 2 aromatic carbocycles. The van der Waals surface area contributed by atoms with Crippen LogP contribution < -0.4 is 15.6 Å². The quantitative estimate of drug-likeness (QED) is 0.335. The van der Waals surface area contributed by atoms with Crippen LogP contribution in [0.4, 0.5) is 4.39 Å². The first-order chi connectivity index (χ1) is 17.6. The molecule has 36 heavy (non-hydrogen) atoms. The Balaban J connectivity index is 1.16. The second-order valence-electron chi connectivity index (χ2n) is 7.78. The molecular weight excluding hydrogens is 465 g/mol. The number of nitrogens with one attached hydrogen (secondary N) is 1. The number of carbonyl (C=O) groups is 1. The highest BCUT2D eigenvalue weighted by molar-refractivity contribution is 5.75. The maximum absolute atomic E-state index is 13.6. The smallest absolute Gasteiger partial charge is 0.254 e. The van der Waals surface area contributed by atoms with E-state index in [0.717, 1.165) is 5.56 Å².